The molecule has 3 aromatic carbocycles. The van der Waals surface area contributed by atoms with E-state index in [0.29, 0.717) is 23.1 Å². The number of halogens is 1. The Balaban J connectivity index is 1.50. The van der Waals surface area contributed by atoms with Gasteiger partial charge in [-0.25, -0.2) is 9.37 Å². The average molecular weight is 406 g/mol. The molecule has 29 heavy (non-hydrogen) atoms. The first-order valence-corrected chi connectivity index (χ1v) is 10.2. The zero-order valence-electron chi connectivity index (χ0n) is 15.8. The van der Waals surface area contributed by atoms with Gasteiger partial charge in [-0.1, -0.05) is 60.3 Å². The molecule has 0 saturated heterocycles. The van der Waals surface area contributed by atoms with Gasteiger partial charge in [0.25, 0.3) is 0 Å². The standard InChI is InChI=1S/C22H19FN4OS/c1-2-27(19-13-7-9-15-8-3-4-10-16(15)19)20(28)14-29-22-24-21(25-26-22)17-11-5-6-12-18(17)23/h3-13H,2,14H2,1H3,(H,24,25,26). The second-order valence-electron chi connectivity index (χ2n) is 6.37. The summed E-state index contributed by atoms with van der Waals surface area (Å²) in [6, 6.07) is 20.3. The maximum atomic E-state index is 13.9. The second kappa shape index (κ2) is 8.45. The highest BCUT2D eigenvalue weighted by atomic mass is 32.2. The molecule has 5 nitrogen and oxygen atoms in total. The summed E-state index contributed by atoms with van der Waals surface area (Å²) in [7, 11) is 0. The van der Waals surface area contributed by atoms with Crippen molar-refractivity contribution in [1.29, 1.82) is 0 Å². The van der Waals surface area contributed by atoms with Crippen molar-refractivity contribution in [2.45, 2.75) is 12.1 Å². The predicted octanol–water partition coefficient (Wildman–Crippen LogP) is 4.91. The third kappa shape index (κ3) is 4.00. The van der Waals surface area contributed by atoms with Crippen LogP contribution in [-0.4, -0.2) is 33.4 Å². The Labute approximate surface area is 172 Å². The molecular formula is C22H19FN4OS. The van der Waals surface area contributed by atoms with E-state index in [1.807, 2.05) is 49.4 Å². The van der Waals surface area contributed by atoms with Crippen LogP contribution in [0.15, 0.2) is 71.9 Å². The summed E-state index contributed by atoms with van der Waals surface area (Å²) in [5.74, 6) is 0.126. The van der Waals surface area contributed by atoms with E-state index < -0.39 is 0 Å². The molecule has 0 spiro atoms. The van der Waals surface area contributed by atoms with E-state index in [2.05, 4.69) is 15.2 Å². The minimum Gasteiger partial charge on any atom is -0.311 e. The number of hydrogen-bond donors (Lipinski definition) is 1. The van der Waals surface area contributed by atoms with Crippen LogP contribution in [0.2, 0.25) is 0 Å². The number of nitrogens with zero attached hydrogens (tertiary/aromatic N) is 3. The Morgan fingerprint density at radius 3 is 2.66 bits per heavy atom. The number of nitrogens with one attached hydrogen (secondary N) is 1. The van der Waals surface area contributed by atoms with Crippen LogP contribution in [0.5, 0.6) is 0 Å². The van der Waals surface area contributed by atoms with Gasteiger partial charge in [0, 0.05) is 11.9 Å². The van der Waals surface area contributed by atoms with E-state index in [9.17, 15) is 9.18 Å². The van der Waals surface area contributed by atoms with Crippen LogP contribution in [0, 0.1) is 5.82 Å². The van der Waals surface area contributed by atoms with E-state index in [4.69, 9.17) is 0 Å². The number of H-pyrrole nitrogens is 1. The number of benzene rings is 3. The second-order valence-corrected chi connectivity index (χ2v) is 7.31. The van der Waals surface area contributed by atoms with Crippen molar-refractivity contribution in [3.63, 3.8) is 0 Å². The molecule has 1 aromatic heterocycles. The lowest BCUT2D eigenvalue weighted by molar-refractivity contribution is -0.116. The molecular weight excluding hydrogens is 387 g/mol. The molecule has 0 atom stereocenters. The highest BCUT2D eigenvalue weighted by molar-refractivity contribution is 7.99. The van der Waals surface area contributed by atoms with E-state index in [0.717, 1.165) is 16.5 Å². The summed E-state index contributed by atoms with van der Waals surface area (Å²) in [4.78, 5) is 19.0. The molecule has 4 rings (SSSR count). The van der Waals surface area contributed by atoms with Crippen molar-refractivity contribution in [2.24, 2.45) is 0 Å². The molecule has 0 bridgehead atoms. The van der Waals surface area contributed by atoms with Gasteiger partial charge in [0.1, 0.15) is 5.82 Å². The Bertz CT molecular complexity index is 1150. The molecule has 0 saturated carbocycles. The number of rotatable bonds is 6. The van der Waals surface area contributed by atoms with Crippen LogP contribution in [-0.2, 0) is 4.79 Å². The molecule has 0 unspecified atom stereocenters. The van der Waals surface area contributed by atoms with Crippen molar-refractivity contribution < 1.29 is 9.18 Å². The molecule has 1 amide bonds. The van der Waals surface area contributed by atoms with Crippen molar-refractivity contribution in [3.05, 3.63) is 72.5 Å². The van der Waals surface area contributed by atoms with E-state index >= 15 is 0 Å². The fourth-order valence-electron chi connectivity index (χ4n) is 3.21. The molecule has 1 N–H and O–H groups in total. The Kier molecular flexibility index (Phi) is 5.57. The fourth-order valence-corrected chi connectivity index (χ4v) is 3.89. The van der Waals surface area contributed by atoms with E-state index in [1.54, 1.807) is 23.1 Å². The van der Waals surface area contributed by atoms with Crippen molar-refractivity contribution in [3.8, 4) is 11.4 Å². The first kappa shape index (κ1) is 19.1. The minimum absolute atomic E-state index is 0.0360. The number of aromatic amines is 1. The predicted molar refractivity (Wildman–Crippen MR) is 114 cm³/mol. The van der Waals surface area contributed by atoms with Crippen molar-refractivity contribution >= 4 is 34.1 Å². The minimum atomic E-state index is -0.371. The zero-order chi connectivity index (χ0) is 20.2. The first-order valence-electron chi connectivity index (χ1n) is 9.25. The van der Waals surface area contributed by atoms with Gasteiger partial charge in [-0.15, -0.1) is 5.10 Å². The van der Waals surface area contributed by atoms with Gasteiger partial charge in [0.15, 0.2) is 5.82 Å². The number of carbonyl (C=O) groups is 1. The van der Waals surface area contributed by atoms with Gasteiger partial charge in [-0.3, -0.25) is 9.89 Å². The van der Waals surface area contributed by atoms with Crippen LogP contribution in [0.1, 0.15) is 6.92 Å². The maximum absolute atomic E-state index is 13.9. The Morgan fingerprint density at radius 2 is 1.83 bits per heavy atom. The van der Waals surface area contributed by atoms with Crippen LogP contribution in [0.4, 0.5) is 10.1 Å². The SMILES string of the molecule is CCN(C(=O)CSc1n[nH]c(-c2ccccc2F)n1)c1cccc2ccccc12. The fraction of sp³-hybridized carbons (Fsp3) is 0.136. The van der Waals surface area contributed by atoms with Gasteiger partial charge < -0.3 is 4.90 Å². The molecule has 0 aliphatic carbocycles. The van der Waals surface area contributed by atoms with Gasteiger partial charge in [-0.05, 0) is 30.5 Å². The largest absolute Gasteiger partial charge is 0.311 e. The first-order chi connectivity index (χ1) is 14.2. The molecule has 4 aromatic rings. The normalized spacial score (nSPS) is 11.0. The number of amides is 1. The number of fused-ring (bicyclic) bond motifs is 1. The molecule has 7 heteroatoms. The molecule has 146 valence electrons. The summed E-state index contributed by atoms with van der Waals surface area (Å²) in [5, 5.41) is 9.38. The summed E-state index contributed by atoms with van der Waals surface area (Å²) in [6.07, 6.45) is 0. The summed E-state index contributed by atoms with van der Waals surface area (Å²) >= 11 is 1.23. The van der Waals surface area contributed by atoms with Crippen molar-refractivity contribution in [1.82, 2.24) is 15.2 Å². The highest BCUT2D eigenvalue weighted by Gasteiger charge is 2.18. The maximum Gasteiger partial charge on any atom is 0.237 e. The Morgan fingerprint density at radius 1 is 1.07 bits per heavy atom. The lowest BCUT2D eigenvalue weighted by Gasteiger charge is -2.22. The zero-order valence-corrected chi connectivity index (χ0v) is 16.6. The molecule has 0 fully saturated rings. The van der Waals surface area contributed by atoms with Crippen LogP contribution < -0.4 is 4.90 Å². The number of aromatic nitrogens is 3. The number of carbonyl (C=O) groups excluding carboxylic acids is 1. The van der Waals surface area contributed by atoms with E-state index in [1.165, 1.54) is 17.8 Å². The van der Waals surface area contributed by atoms with Gasteiger partial charge >= 0.3 is 0 Å². The number of hydrogen-bond acceptors (Lipinski definition) is 4. The topological polar surface area (TPSA) is 61.9 Å². The highest BCUT2D eigenvalue weighted by Crippen LogP contribution is 2.28. The van der Waals surface area contributed by atoms with E-state index in [-0.39, 0.29) is 17.5 Å². The molecule has 0 aliphatic rings. The third-order valence-corrected chi connectivity index (χ3v) is 5.43. The van der Waals surface area contributed by atoms with Crippen molar-refractivity contribution in [2.75, 3.05) is 17.2 Å². The van der Waals surface area contributed by atoms with Crippen LogP contribution in [0.3, 0.4) is 0 Å². The lowest BCUT2D eigenvalue weighted by atomic mass is 10.1. The monoisotopic (exact) mass is 406 g/mol. The van der Waals surface area contributed by atoms with Crippen LogP contribution in [0.25, 0.3) is 22.2 Å². The smallest absolute Gasteiger partial charge is 0.237 e. The summed E-state index contributed by atoms with van der Waals surface area (Å²) in [5.41, 5.74) is 1.24. The molecule has 0 aliphatic heterocycles. The van der Waals surface area contributed by atoms with Gasteiger partial charge in [0.05, 0.1) is 17.0 Å². The van der Waals surface area contributed by atoms with Crippen LogP contribution >= 0.6 is 11.8 Å². The quantitative estimate of drug-likeness (QED) is 0.462. The lowest BCUT2D eigenvalue weighted by Crippen LogP contribution is -2.32. The molecule has 1 heterocycles. The van der Waals surface area contributed by atoms with Gasteiger partial charge in [-0.2, -0.15) is 0 Å². The number of anilines is 1. The number of thioether (sulfide) groups is 1. The third-order valence-electron chi connectivity index (χ3n) is 4.59. The summed E-state index contributed by atoms with van der Waals surface area (Å²) < 4.78 is 13.9. The molecule has 0 radical (unpaired) electrons. The average Bonchev–Trinajstić information content (AvgIpc) is 3.22. The van der Waals surface area contributed by atoms with Gasteiger partial charge in [0.2, 0.25) is 11.1 Å². The Hall–Kier alpha value is -3.19. The summed E-state index contributed by atoms with van der Waals surface area (Å²) in [6.45, 7) is 2.51.